The Morgan fingerprint density at radius 2 is 1.37 bits per heavy atom. The number of aryl methyl sites for hydroxylation is 1. The topological polar surface area (TPSA) is 112 Å². The zero-order chi connectivity index (χ0) is 19.9. The van der Waals surface area contributed by atoms with Crippen LogP contribution in [-0.4, -0.2) is 75.0 Å². The average molecular weight is 384 g/mol. The highest BCUT2D eigenvalue weighted by molar-refractivity contribution is 5.74. The summed E-state index contributed by atoms with van der Waals surface area (Å²) < 4.78 is 20.2. The summed E-state index contributed by atoms with van der Waals surface area (Å²) in [6, 6.07) is 5.46. The number of ether oxygens (including phenoxy) is 4. The van der Waals surface area contributed by atoms with Gasteiger partial charge in [-0.25, -0.2) is 0 Å². The Morgan fingerprint density at radius 3 is 1.93 bits per heavy atom. The summed E-state index contributed by atoms with van der Waals surface area (Å²) in [4.78, 5) is 23.7. The second kappa shape index (κ2) is 14.1. The number of hydrogen-bond donors (Lipinski definition) is 2. The van der Waals surface area contributed by atoms with Crippen LogP contribution < -0.4 is 0 Å². The maximum atomic E-state index is 11.9. The number of aliphatic hydroxyl groups excluding tert-OH is 2. The monoisotopic (exact) mass is 384 g/mol. The minimum atomic E-state index is -0.388. The van der Waals surface area contributed by atoms with Crippen molar-refractivity contribution >= 4 is 11.9 Å². The lowest BCUT2D eigenvalue weighted by atomic mass is 10.0. The van der Waals surface area contributed by atoms with Crippen LogP contribution in [-0.2, 0) is 41.4 Å². The Morgan fingerprint density at radius 1 is 0.815 bits per heavy atom. The molecule has 0 radical (unpaired) electrons. The summed E-state index contributed by atoms with van der Waals surface area (Å²) in [6.45, 7) is 2.89. The lowest BCUT2D eigenvalue weighted by Gasteiger charge is -2.10. The second-order valence-corrected chi connectivity index (χ2v) is 5.73. The summed E-state index contributed by atoms with van der Waals surface area (Å²) >= 11 is 0. The molecule has 0 unspecified atom stereocenters. The molecule has 1 aromatic carbocycles. The van der Waals surface area contributed by atoms with Gasteiger partial charge in [0, 0.05) is 0 Å². The molecule has 0 bridgehead atoms. The molecule has 0 aromatic heterocycles. The molecule has 8 heteroatoms. The number of esters is 2. The molecule has 8 nitrogen and oxygen atoms in total. The first-order chi connectivity index (χ1) is 13.1. The molecular formula is C19H28O8. The van der Waals surface area contributed by atoms with Gasteiger partial charge in [0.05, 0.1) is 52.5 Å². The van der Waals surface area contributed by atoms with Crippen molar-refractivity contribution < 1.29 is 38.7 Å². The molecule has 0 atom stereocenters. The van der Waals surface area contributed by atoms with Crippen molar-refractivity contribution in [3.63, 3.8) is 0 Å². The fourth-order valence-corrected chi connectivity index (χ4v) is 2.21. The standard InChI is InChI=1S/C19H28O8/c1-15-2-3-16(13-18(22)26-10-8-24-6-4-20)12-17(15)14-19(23)27-11-9-25-7-5-21/h2-3,12,20-21H,4-11,13-14H2,1H3. The predicted molar refractivity (Wildman–Crippen MR) is 96.3 cm³/mol. The first kappa shape index (κ1) is 23.0. The number of aliphatic hydroxyl groups is 2. The summed E-state index contributed by atoms with van der Waals surface area (Å²) in [5.41, 5.74) is 2.46. The minimum absolute atomic E-state index is 0.0712. The third-order valence-electron chi connectivity index (χ3n) is 3.55. The molecule has 0 aliphatic carbocycles. The van der Waals surface area contributed by atoms with Crippen LogP contribution in [0.1, 0.15) is 16.7 Å². The average Bonchev–Trinajstić information content (AvgIpc) is 2.64. The SMILES string of the molecule is Cc1ccc(CC(=O)OCCOCCO)cc1CC(=O)OCCOCCO. The molecule has 152 valence electrons. The van der Waals surface area contributed by atoms with E-state index in [1.807, 2.05) is 19.1 Å². The lowest BCUT2D eigenvalue weighted by Crippen LogP contribution is -2.15. The first-order valence-electron chi connectivity index (χ1n) is 8.83. The molecular weight excluding hydrogens is 356 g/mol. The van der Waals surface area contributed by atoms with Crippen molar-refractivity contribution in [3.8, 4) is 0 Å². The smallest absolute Gasteiger partial charge is 0.310 e. The van der Waals surface area contributed by atoms with Crippen LogP contribution in [0.2, 0.25) is 0 Å². The molecule has 0 saturated carbocycles. The highest BCUT2D eigenvalue weighted by Crippen LogP contribution is 2.14. The number of carbonyl (C=O) groups is 2. The van der Waals surface area contributed by atoms with Gasteiger partial charge in [-0.2, -0.15) is 0 Å². The van der Waals surface area contributed by atoms with Crippen molar-refractivity contribution in [3.05, 3.63) is 34.9 Å². The van der Waals surface area contributed by atoms with Gasteiger partial charge in [0.25, 0.3) is 0 Å². The lowest BCUT2D eigenvalue weighted by molar-refractivity contribution is -0.145. The Hall–Kier alpha value is -2.00. The van der Waals surface area contributed by atoms with Gasteiger partial charge in [-0.15, -0.1) is 0 Å². The molecule has 0 spiro atoms. The van der Waals surface area contributed by atoms with Gasteiger partial charge in [0.1, 0.15) is 13.2 Å². The van der Waals surface area contributed by atoms with E-state index >= 15 is 0 Å². The van der Waals surface area contributed by atoms with Gasteiger partial charge in [-0.1, -0.05) is 18.2 Å². The van der Waals surface area contributed by atoms with E-state index in [9.17, 15) is 9.59 Å². The molecule has 1 aromatic rings. The van der Waals surface area contributed by atoms with Gasteiger partial charge in [0.15, 0.2) is 0 Å². The van der Waals surface area contributed by atoms with E-state index < -0.39 is 0 Å². The van der Waals surface area contributed by atoms with Crippen LogP contribution in [0.3, 0.4) is 0 Å². The largest absolute Gasteiger partial charge is 0.463 e. The Kier molecular flexibility index (Phi) is 12.0. The van der Waals surface area contributed by atoms with E-state index in [0.717, 1.165) is 16.7 Å². The quantitative estimate of drug-likeness (QED) is 0.345. The van der Waals surface area contributed by atoms with E-state index in [1.165, 1.54) is 0 Å². The maximum absolute atomic E-state index is 11.9. The number of hydrogen-bond acceptors (Lipinski definition) is 8. The zero-order valence-electron chi connectivity index (χ0n) is 15.6. The molecule has 27 heavy (non-hydrogen) atoms. The predicted octanol–water partition coefficient (Wildman–Crippen LogP) is 0.184. The van der Waals surface area contributed by atoms with E-state index in [0.29, 0.717) is 0 Å². The van der Waals surface area contributed by atoms with Crippen LogP contribution >= 0.6 is 0 Å². The molecule has 0 fully saturated rings. The highest BCUT2D eigenvalue weighted by atomic mass is 16.6. The Balaban J connectivity index is 2.42. The van der Waals surface area contributed by atoms with E-state index in [1.54, 1.807) is 6.07 Å². The normalized spacial score (nSPS) is 10.6. The van der Waals surface area contributed by atoms with Crippen molar-refractivity contribution in [2.24, 2.45) is 0 Å². The minimum Gasteiger partial charge on any atom is -0.463 e. The molecule has 0 saturated heterocycles. The summed E-state index contributed by atoms with van der Waals surface area (Å²) in [7, 11) is 0. The summed E-state index contributed by atoms with van der Waals surface area (Å²) in [6.07, 6.45) is 0.195. The maximum Gasteiger partial charge on any atom is 0.310 e. The number of rotatable bonds is 14. The molecule has 1 rings (SSSR count). The van der Waals surface area contributed by atoms with Crippen molar-refractivity contribution in [2.45, 2.75) is 19.8 Å². The van der Waals surface area contributed by atoms with Gasteiger partial charge in [0.2, 0.25) is 0 Å². The fraction of sp³-hybridized carbons (Fsp3) is 0.579. The first-order valence-corrected chi connectivity index (χ1v) is 8.83. The van der Waals surface area contributed by atoms with E-state index in [4.69, 9.17) is 29.2 Å². The molecule has 0 aliphatic heterocycles. The summed E-state index contributed by atoms with van der Waals surface area (Å²) in [5, 5.41) is 17.2. The van der Waals surface area contributed by atoms with Crippen LogP contribution in [0, 0.1) is 6.92 Å². The van der Waals surface area contributed by atoms with Crippen molar-refractivity contribution in [1.29, 1.82) is 0 Å². The Bertz CT molecular complexity index is 573. The fourth-order valence-electron chi connectivity index (χ4n) is 2.21. The third-order valence-corrected chi connectivity index (χ3v) is 3.55. The van der Waals surface area contributed by atoms with Gasteiger partial charge in [-0.05, 0) is 23.6 Å². The molecule has 0 heterocycles. The van der Waals surface area contributed by atoms with Gasteiger partial charge < -0.3 is 29.2 Å². The Labute approximate surface area is 159 Å². The van der Waals surface area contributed by atoms with Crippen molar-refractivity contribution in [1.82, 2.24) is 0 Å². The number of benzene rings is 1. The van der Waals surface area contributed by atoms with Crippen LogP contribution in [0.4, 0.5) is 0 Å². The highest BCUT2D eigenvalue weighted by Gasteiger charge is 2.11. The van der Waals surface area contributed by atoms with E-state index in [-0.39, 0.29) is 77.6 Å². The van der Waals surface area contributed by atoms with E-state index in [2.05, 4.69) is 0 Å². The molecule has 2 N–H and O–H groups in total. The summed E-state index contributed by atoms with van der Waals surface area (Å²) in [5.74, 6) is -0.771. The third kappa shape index (κ3) is 10.7. The van der Waals surface area contributed by atoms with Crippen LogP contribution in [0.5, 0.6) is 0 Å². The molecule has 0 amide bonds. The second-order valence-electron chi connectivity index (χ2n) is 5.73. The van der Waals surface area contributed by atoms with Gasteiger partial charge in [-0.3, -0.25) is 9.59 Å². The zero-order valence-corrected chi connectivity index (χ0v) is 15.6. The molecule has 0 aliphatic rings. The van der Waals surface area contributed by atoms with Crippen LogP contribution in [0.15, 0.2) is 18.2 Å². The van der Waals surface area contributed by atoms with Crippen molar-refractivity contribution in [2.75, 3.05) is 52.9 Å². The number of carbonyl (C=O) groups excluding carboxylic acids is 2. The van der Waals surface area contributed by atoms with Crippen LogP contribution in [0.25, 0.3) is 0 Å². The van der Waals surface area contributed by atoms with Gasteiger partial charge >= 0.3 is 11.9 Å².